The van der Waals surface area contributed by atoms with Crippen molar-refractivity contribution in [3.63, 3.8) is 0 Å². The number of nitrogens with zero attached hydrogens (tertiary/aromatic N) is 1. The minimum absolute atomic E-state index is 0.170. The van der Waals surface area contributed by atoms with Crippen LogP contribution in [-0.2, 0) is 17.7 Å². The summed E-state index contributed by atoms with van der Waals surface area (Å²) in [6.07, 6.45) is 4.70. The molecule has 1 aromatic rings. The summed E-state index contributed by atoms with van der Waals surface area (Å²) >= 11 is 0. The van der Waals surface area contributed by atoms with Crippen LogP contribution in [0.5, 0.6) is 5.88 Å². The van der Waals surface area contributed by atoms with Crippen LogP contribution >= 0.6 is 0 Å². The number of pyridine rings is 1. The van der Waals surface area contributed by atoms with E-state index in [1.807, 2.05) is 0 Å². The van der Waals surface area contributed by atoms with Crippen molar-refractivity contribution in [3.05, 3.63) is 23.4 Å². The van der Waals surface area contributed by atoms with E-state index in [0.717, 1.165) is 43.6 Å². The van der Waals surface area contributed by atoms with Crippen LogP contribution in [0.4, 0.5) is 0 Å². The fourth-order valence-electron chi connectivity index (χ4n) is 2.29. The quantitative estimate of drug-likeness (QED) is 0.852. The predicted octanol–water partition coefficient (Wildman–Crippen LogP) is 2.06. The maximum Gasteiger partial charge on any atom is 0.214 e. The van der Waals surface area contributed by atoms with E-state index in [4.69, 9.17) is 9.47 Å². The van der Waals surface area contributed by atoms with E-state index in [9.17, 15) is 0 Å². The van der Waals surface area contributed by atoms with Crippen molar-refractivity contribution in [3.8, 4) is 5.88 Å². The molecule has 0 amide bonds. The zero-order chi connectivity index (χ0) is 13.1. The predicted molar refractivity (Wildman–Crippen MR) is 73.3 cm³/mol. The third-order valence-corrected chi connectivity index (χ3v) is 3.62. The molecule has 1 N–H and O–H groups in total. The van der Waals surface area contributed by atoms with E-state index in [2.05, 4.69) is 29.4 Å². The van der Waals surface area contributed by atoms with Crippen LogP contribution in [0.25, 0.3) is 0 Å². The summed E-state index contributed by atoms with van der Waals surface area (Å²) in [7, 11) is 0. The lowest BCUT2D eigenvalue weighted by atomic mass is 10.2. The van der Waals surface area contributed by atoms with E-state index in [0.29, 0.717) is 6.61 Å². The average Bonchev–Trinajstić information content (AvgIpc) is 3.13. The lowest BCUT2D eigenvalue weighted by Crippen LogP contribution is -2.18. The number of ether oxygens (including phenoxy) is 2. The maximum atomic E-state index is 5.92. The summed E-state index contributed by atoms with van der Waals surface area (Å²) < 4.78 is 11.3. The third-order valence-electron chi connectivity index (χ3n) is 3.62. The number of rotatable bonds is 6. The molecule has 0 bridgehead atoms. The molecule has 4 heteroatoms. The number of hydrogen-bond donors (Lipinski definition) is 1. The first kappa shape index (κ1) is 12.9. The zero-order valence-corrected chi connectivity index (χ0v) is 11.5. The molecule has 0 spiro atoms. The van der Waals surface area contributed by atoms with Crippen LogP contribution < -0.4 is 10.1 Å². The first-order valence-corrected chi connectivity index (χ1v) is 7.31. The Hall–Kier alpha value is -1.13. The monoisotopic (exact) mass is 262 g/mol. The van der Waals surface area contributed by atoms with Gasteiger partial charge in [0.15, 0.2) is 0 Å². The minimum Gasteiger partial charge on any atom is -0.472 e. The molecule has 1 saturated carbocycles. The molecular weight excluding hydrogens is 240 g/mol. The first-order chi connectivity index (χ1) is 9.33. The molecule has 2 fully saturated rings. The van der Waals surface area contributed by atoms with Crippen LogP contribution in [0.15, 0.2) is 12.1 Å². The van der Waals surface area contributed by atoms with Gasteiger partial charge in [-0.3, -0.25) is 0 Å². The van der Waals surface area contributed by atoms with Crippen molar-refractivity contribution < 1.29 is 9.47 Å². The van der Waals surface area contributed by atoms with Gasteiger partial charge >= 0.3 is 0 Å². The van der Waals surface area contributed by atoms with Gasteiger partial charge in [0, 0.05) is 30.8 Å². The van der Waals surface area contributed by atoms with Gasteiger partial charge in [-0.05, 0) is 30.9 Å². The summed E-state index contributed by atoms with van der Waals surface area (Å²) in [6, 6.07) is 4.96. The highest BCUT2D eigenvalue weighted by atomic mass is 16.5. The van der Waals surface area contributed by atoms with Crippen LogP contribution in [-0.4, -0.2) is 30.3 Å². The summed E-state index contributed by atoms with van der Waals surface area (Å²) in [5, 5.41) is 3.54. The smallest absolute Gasteiger partial charge is 0.214 e. The Kier molecular flexibility index (Phi) is 3.99. The summed E-state index contributed by atoms with van der Waals surface area (Å²) in [5.74, 6) is 0.752. The second kappa shape index (κ2) is 5.88. The van der Waals surface area contributed by atoms with Gasteiger partial charge in [0.05, 0.1) is 13.2 Å². The molecule has 3 rings (SSSR count). The topological polar surface area (TPSA) is 43.4 Å². The maximum absolute atomic E-state index is 5.92. The van der Waals surface area contributed by atoms with Gasteiger partial charge in [0.25, 0.3) is 0 Å². The molecule has 104 valence electrons. The largest absolute Gasteiger partial charge is 0.472 e. The molecule has 2 heterocycles. The highest BCUT2D eigenvalue weighted by molar-refractivity contribution is 5.25. The van der Waals surface area contributed by atoms with E-state index in [1.165, 1.54) is 18.4 Å². The lowest BCUT2D eigenvalue weighted by molar-refractivity contribution is 0.138. The highest BCUT2D eigenvalue weighted by Crippen LogP contribution is 2.21. The van der Waals surface area contributed by atoms with Gasteiger partial charge in [-0.25, -0.2) is 4.98 Å². The van der Waals surface area contributed by atoms with Gasteiger partial charge in [-0.15, -0.1) is 0 Å². The van der Waals surface area contributed by atoms with Crippen molar-refractivity contribution in [2.24, 2.45) is 0 Å². The van der Waals surface area contributed by atoms with Crippen LogP contribution in [0.1, 0.15) is 37.4 Å². The molecule has 4 nitrogen and oxygen atoms in total. The Bertz CT molecular complexity index is 426. The Labute approximate surface area is 114 Å². The number of nitrogens with one attached hydrogen (secondary N) is 1. The van der Waals surface area contributed by atoms with Gasteiger partial charge < -0.3 is 14.8 Å². The standard InChI is InChI=1S/C15H22N2O2/c1-2-12-7-11(9-16-13-3-4-13)8-15(17-12)19-14-5-6-18-10-14/h7-8,13-14,16H,2-6,9-10H2,1H3. The van der Waals surface area contributed by atoms with Crippen molar-refractivity contribution in [1.82, 2.24) is 10.3 Å². The van der Waals surface area contributed by atoms with Crippen LogP contribution in [0.2, 0.25) is 0 Å². The highest BCUT2D eigenvalue weighted by Gasteiger charge is 2.21. The Morgan fingerprint density at radius 3 is 2.95 bits per heavy atom. The molecule has 1 atom stereocenters. The van der Waals surface area contributed by atoms with Crippen molar-refractivity contribution in [2.45, 2.75) is 51.3 Å². The lowest BCUT2D eigenvalue weighted by Gasteiger charge is -2.13. The van der Waals surface area contributed by atoms with E-state index in [-0.39, 0.29) is 6.10 Å². The second-order valence-electron chi connectivity index (χ2n) is 5.42. The summed E-state index contributed by atoms with van der Waals surface area (Å²) in [6.45, 7) is 4.53. The molecule has 0 aromatic carbocycles. The number of aryl methyl sites for hydroxylation is 1. The normalized spacial score (nSPS) is 22.7. The summed E-state index contributed by atoms with van der Waals surface area (Å²) in [4.78, 5) is 4.55. The molecule has 1 aliphatic carbocycles. The molecule has 1 unspecified atom stereocenters. The minimum atomic E-state index is 0.170. The van der Waals surface area contributed by atoms with E-state index < -0.39 is 0 Å². The van der Waals surface area contributed by atoms with Crippen molar-refractivity contribution >= 4 is 0 Å². The van der Waals surface area contributed by atoms with Crippen LogP contribution in [0, 0.1) is 0 Å². The van der Waals surface area contributed by atoms with Crippen LogP contribution in [0.3, 0.4) is 0 Å². The zero-order valence-electron chi connectivity index (χ0n) is 11.5. The Balaban J connectivity index is 1.67. The van der Waals surface area contributed by atoms with Crippen molar-refractivity contribution in [2.75, 3.05) is 13.2 Å². The summed E-state index contributed by atoms with van der Waals surface area (Å²) in [5.41, 5.74) is 2.37. The molecule has 1 aliphatic heterocycles. The molecule has 1 aromatic heterocycles. The van der Waals surface area contributed by atoms with Gasteiger partial charge in [-0.1, -0.05) is 6.92 Å². The Morgan fingerprint density at radius 2 is 2.26 bits per heavy atom. The second-order valence-corrected chi connectivity index (χ2v) is 5.42. The van der Waals surface area contributed by atoms with Gasteiger partial charge in [0.2, 0.25) is 5.88 Å². The van der Waals surface area contributed by atoms with E-state index in [1.54, 1.807) is 0 Å². The van der Waals surface area contributed by atoms with Gasteiger partial charge in [-0.2, -0.15) is 0 Å². The molecule has 19 heavy (non-hydrogen) atoms. The Morgan fingerprint density at radius 1 is 1.37 bits per heavy atom. The molecule has 1 saturated heterocycles. The fourth-order valence-corrected chi connectivity index (χ4v) is 2.29. The number of aromatic nitrogens is 1. The first-order valence-electron chi connectivity index (χ1n) is 7.31. The van der Waals surface area contributed by atoms with Gasteiger partial charge in [0.1, 0.15) is 6.10 Å². The third kappa shape index (κ3) is 3.67. The van der Waals surface area contributed by atoms with Crippen molar-refractivity contribution in [1.29, 1.82) is 0 Å². The molecule has 2 aliphatic rings. The van der Waals surface area contributed by atoms with E-state index >= 15 is 0 Å². The number of hydrogen-bond acceptors (Lipinski definition) is 4. The SMILES string of the molecule is CCc1cc(CNC2CC2)cc(OC2CCOC2)n1. The molecular formula is C15H22N2O2. The molecule has 0 radical (unpaired) electrons. The fraction of sp³-hybridized carbons (Fsp3) is 0.667. The average molecular weight is 262 g/mol.